The van der Waals surface area contributed by atoms with Crippen molar-refractivity contribution >= 4 is 27.3 Å². The van der Waals surface area contributed by atoms with E-state index in [0.29, 0.717) is 34.3 Å². The largest absolute Gasteiger partial charge is 0.476 e. The van der Waals surface area contributed by atoms with Gasteiger partial charge in [0.15, 0.2) is 5.69 Å². The van der Waals surface area contributed by atoms with Gasteiger partial charge in [0.25, 0.3) is 0 Å². The van der Waals surface area contributed by atoms with E-state index < -0.39 is 26.7 Å². The van der Waals surface area contributed by atoms with Crippen LogP contribution in [0.1, 0.15) is 40.2 Å². The van der Waals surface area contributed by atoms with E-state index in [2.05, 4.69) is 4.98 Å². The number of halogens is 2. The molecule has 214 valence electrons. The Morgan fingerprint density at radius 2 is 1.74 bits per heavy atom. The molecule has 3 aromatic carbocycles. The van der Waals surface area contributed by atoms with Crippen LogP contribution in [0.2, 0.25) is 0 Å². The molecular formula is C30H24F2N4O4S2. The quantitative estimate of drug-likeness (QED) is 0.217. The molecule has 1 aliphatic rings. The first-order valence-electron chi connectivity index (χ1n) is 13.0. The van der Waals surface area contributed by atoms with Crippen molar-refractivity contribution in [3.8, 4) is 27.5 Å². The molecule has 0 aliphatic heterocycles. The molecule has 3 N–H and O–H groups in total. The maximum Gasteiger partial charge on any atom is 0.355 e. The van der Waals surface area contributed by atoms with Crippen molar-refractivity contribution in [2.75, 3.05) is 0 Å². The predicted molar refractivity (Wildman–Crippen MR) is 154 cm³/mol. The third-order valence-corrected chi connectivity index (χ3v) is 8.90. The molecule has 0 saturated heterocycles. The van der Waals surface area contributed by atoms with Gasteiger partial charge in [-0.15, -0.1) is 11.3 Å². The van der Waals surface area contributed by atoms with Crippen molar-refractivity contribution in [1.82, 2.24) is 14.8 Å². The average Bonchev–Trinajstić information content (AvgIpc) is 3.50. The van der Waals surface area contributed by atoms with Crippen LogP contribution in [-0.2, 0) is 22.9 Å². The minimum absolute atomic E-state index is 0.0975. The normalized spacial score (nSPS) is 13.4. The molecule has 12 heteroatoms. The van der Waals surface area contributed by atoms with E-state index in [0.717, 1.165) is 58.7 Å². The summed E-state index contributed by atoms with van der Waals surface area (Å²) in [5.74, 6) is -2.06. The summed E-state index contributed by atoms with van der Waals surface area (Å²) in [6, 6.07) is 17.5. The number of sulfonamides is 1. The fourth-order valence-electron chi connectivity index (χ4n) is 4.93. The topological polar surface area (TPSA) is 128 Å². The summed E-state index contributed by atoms with van der Waals surface area (Å²) in [6.45, 7) is 0. The van der Waals surface area contributed by atoms with Crippen molar-refractivity contribution in [3.63, 3.8) is 0 Å². The van der Waals surface area contributed by atoms with E-state index in [4.69, 9.17) is 10.2 Å². The Kier molecular flexibility index (Phi) is 7.21. The van der Waals surface area contributed by atoms with E-state index in [-0.39, 0.29) is 17.9 Å². The van der Waals surface area contributed by atoms with Crippen molar-refractivity contribution in [1.29, 1.82) is 0 Å². The molecule has 0 unspecified atom stereocenters. The maximum absolute atomic E-state index is 14.8. The lowest BCUT2D eigenvalue weighted by molar-refractivity contribution is 0.0691. The highest BCUT2D eigenvalue weighted by atomic mass is 32.2. The van der Waals surface area contributed by atoms with Crippen LogP contribution in [0.3, 0.4) is 0 Å². The Morgan fingerprint density at radius 1 is 1.02 bits per heavy atom. The van der Waals surface area contributed by atoms with Crippen molar-refractivity contribution in [2.45, 2.75) is 30.6 Å². The number of carboxylic acid groups (broad SMARTS) is 1. The minimum atomic E-state index is -4.23. The number of hydrogen-bond acceptors (Lipinski definition) is 6. The van der Waals surface area contributed by atoms with Gasteiger partial charge in [0.05, 0.1) is 11.4 Å². The fourth-order valence-corrected chi connectivity index (χ4v) is 6.29. The molecule has 0 atom stereocenters. The van der Waals surface area contributed by atoms with Gasteiger partial charge >= 0.3 is 5.97 Å². The summed E-state index contributed by atoms with van der Waals surface area (Å²) in [5.41, 5.74) is 4.74. The van der Waals surface area contributed by atoms with Gasteiger partial charge in [-0.05, 0) is 72.2 Å². The molecule has 1 fully saturated rings. The zero-order valence-corrected chi connectivity index (χ0v) is 23.6. The number of aromatic carboxylic acids is 1. The zero-order chi connectivity index (χ0) is 29.6. The first-order chi connectivity index (χ1) is 20.1. The van der Waals surface area contributed by atoms with E-state index in [1.54, 1.807) is 16.8 Å². The Labute approximate surface area is 244 Å². The Morgan fingerprint density at radius 3 is 2.38 bits per heavy atom. The minimum Gasteiger partial charge on any atom is -0.476 e. The molecule has 5 aromatic rings. The first kappa shape index (κ1) is 27.9. The summed E-state index contributed by atoms with van der Waals surface area (Å²) in [7, 11) is -4.23. The summed E-state index contributed by atoms with van der Waals surface area (Å²) in [4.78, 5) is 15.3. The average molecular weight is 607 g/mol. The lowest BCUT2D eigenvalue weighted by Gasteiger charge is -2.10. The number of nitrogens with zero attached hydrogens (tertiary/aromatic N) is 3. The van der Waals surface area contributed by atoms with Gasteiger partial charge in [0, 0.05) is 22.9 Å². The van der Waals surface area contributed by atoms with Crippen LogP contribution < -0.4 is 5.14 Å². The Bertz CT molecular complexity index is 1950. The second-order valence-corrected chi connectivity index (χ2v) is 12.6. The van der Waals surface area contributed by atoms with Crippen LogP contribution in [0.25, 0.3) is 27.5 Å². The second kappa shape index (κ2) is 10.9. The number of rotatable bonds is 9. The second-order valence-electron chi connectivity index (χ2n) is 10.2. The third kappa shape index (κ3) is 5.73. The van der Waals surface area contributed by atoms with Gasteiger partial charge in [-0.3, -0.25) is 0 Å². The summed E-state index contributed by atoms with van der Waals surface area (Å²) in [6.07, 6.45) is 2.92. The Hall–Kier alpha value is -4.26. The molecule has 0 radical (unpaired) electrons. The molecule has 42 heavy (non-hydrogen) atoms. The van der Waals surface area contributed by atoms with Crippen LogP contribution in [-0.4, -0.2) is 34.3 Å². The Balaban J connectivity index is 1.53. The van der Waals surface area contributed by atoms with Crippen LogP contribution in [0.15, 0.2) is 77.0 Å². The molecule has 2 aromatic heterocycles. The van der Waals surface area contributed by atoms with Gasteiger partial charge < -0.3 is 5.11 Å². The van der Waals surface area contributed by atoms with Crippen LogP contribution in [0.5, 0.6) is 0 Å². The molecule has 1 aliphatic carbocycles. The lowest BCUT2D eigenvalue weighted by Crippen LogP contribution is -2.14. The number of carbonyl (C=O) groups is 1. The van der Waals surface area contributed by atoms with Gasteiger partial charge in [-0.2, -0.15) is 5.10 Å². The van der Waals surface area contributed by atoms with Gasteiger partial charge in [-0.1, -0.05) is 36.4 Å². The SMILES string of the molecule is NS(=O)(=O)c1ccc(Cc2c(-c3cccc(-c4cccc(F)c4)c3)nn(-c3nc(C(=O)O)cs3)c2CC2CC2)cc1F. The number of carboxylic acids is 1. The smallest absolute Gasteiger partial charge is 0.355 e. The number of nitrogens with two attached hydrogens (primary N) is 1. The number of thiazole rings is 1. The molecular weight excluding hydrogens is 582 g/mol. The highest BCUT2D eigenvalue weighted by Crippen LogP contribution is 2.39. The maximum atomic E-state index is 14.8. The molecule has 0 bridgehead atoms. The van der Waals surface area contributed by atoms with Crippen LogP contribution in [0.4, 0.5) is 8.78 Å². The monoisotopic (exact) mass is 606 g/mol. The molecule has 1 saturated carbocycles. The number of primary sulfonamides is 1. The lowest BCUT2D eigenvalue weighted by atomic mass is 9.95. The molecule has 6 rings (SSSR count). The highest BCUT2D eigenvalue weighted by molar-refractivity contribution is 7.89. The fraction of sp³-hybridized carbons (Fsp3) is 0.167. The van der Waals surface area contributed by atoms with E-state index >= 15 is 0 Å². The number of hydrogen-bond donors (Lipinski definition) is 2. The number of benzene rings is 3. The highest BCUT2D eigenvalue weighted by Gasteiger charge is 2.29. The molecule has 2 heterocycles. The van der Waals surface area contributed by atoms with Gasteiger partial charge in [0.1, 0.15) is 16.5 Å². The number of aromatic nitrogens is 3. The summed E-state index contributed by atoms with van der Waals surface area (Å²) in [5, 5.41) is 21.4. The van der Waals surface area contributed by atoms with E-state index in [9.17, 15) is 27.1 Å². The van der Waals surface area contributed by atoms with Crippen molar-refractivity contribution in [3.05, 3.63) is 106 Å². The zero-order valence-electron chi connectivity index (χ0n) is 22.0. The van der Waals surface area contributed by atoms with Crippen molar-refractivity contribution < 1.29 is 27.1 Å². The molecule has 8 nitrogen and oxygen atoms in total. The van der Waals surface area contributed by atoms with Gasteiger partial charge in [0.2, 0.25) is 15.2 Å². The molecule has 0 amide bonds. The van der Waals surface area contributed by atoms with E-state index in [1.807, 2.05) is 24.3 Å². The summed E-state index contributed by atoms with van der Waals surface area (Å²) >= 11 is 1.15. The van der Waals surface area contributed by atoms with Gasteiger partial charge in [-0.25, -0.2) is 36.8 Å². The third-order valence-electron chi connectivity index (χ3n) is 7.14. The van der Waals surface area contributed by atoms with Crippen molar-refractivity contribution in [2.24, 2.45) is 11.1 Å². The van der Waals surface area contributed by atoms with Crippen LogP contribution in [0, 0.1) is 17.6 Å². The summed E-state index contributed by atoms with van der Waals surface area (Å²) < 4.78 is 54.1. The first-order valence-corrected chi connectivity index (χ1v) is 15.5. The van der Waals surface area contributed by atoms with Crippen LogP contribution >= 0.6 is 11.3 Å². The molecule has 0 spiro atoms. The standard InChI is InChI=1S/C30H24F2N4O4S2/c31-22-6-2-4-20(15-22)19-3-1-5-21(14-19)28-23(11-18-9-10-27(24(32)12-18)42(33,39)40)26(13-17-7-8-17)36(35-28)30-34-25(16-41-30)29(37)38/h1-6,9-10,12,14-17H,7-8,11,13H2,(H,37,38)(H2,33,39,40). The van der Waals surface area contributed by atoms with E-state index in [1.165, 1.54) is 23.6 Å². The predicted octanol–water partition coefficient (Wildman–Crippen LogP) is 5.83.